The number of nitrogens with zero attached hydrogens (tertiary/aromatic N) is 6. The highest BCUT2D eigenvalue weighted by molar-refractivity contribution is 5.87. The molecule has 1 aliphatic heterocycles. The molecular weight excluding hydrogens is 393 g/mol. The summed E-state index contributed by atoms with van der Waals surface area (Å²) in [5.41, 5.74) is 1.14. The van der Waals surface area contributed by atoms with Crippen molar-refractivity contribution in [2.45, 2.75) is 12.7 Å². The Balaban J connectivity index is 0.00000225. The van der Waals surface area contributed by atoms with E-state index >= 15 is 0 Å². The van der Waals surface area contributed by atoms with Crippen molar-refractivity contribution in [3.8, 4) is 0 Å². The fraction of sp³-hybridized carbons (Fsp3) is 0.389. The first-order valence-corrected chi connectivity index (χ1v) is 8.70. The lowest BCUT2D eigenvalue weighted by atomic mass is 10.2. The van der Waals surface area contributed by atoms with E-state index in [1.54, 1.807) is 6.20 Å². The summed E-state index contributed by atoms with van der Waals surface area (Å²) in [5.74, 6) is -0.821. The van der Waals surface area contributed by atoms with Crippen molar-refractivity contribution in [3.05, 3.63) is 47.9 Å². The molecule has 0 saturated carbocycles. The Morgan fingerprint density at radius 2 is 1.68 bits per heavy atom. The Hall–Kier alpha value is -2.39. The highest BCUT2D eigenvalue weighted by Crippen LogP contribution is 2.32. The molecule has 3 heterocycles. The fourth-order valence-electron chi connectivity index (χ4n) is 3.20. The minimum Gasteiger partial charge on any atom is -0.353 e. The van der Waals surface area contributed by atoms with Gasteiger partial charge in [-0.25, -0.2) is 14.6 Å². The van der Waals surface area contributed by atoms with Gasteiger partial charge in [0.15, 0.2) is 5.65 Å². The number of alkyl halides is 3. The van der Waals surface area contributed by atoms with Crippen LogP contribution in [-0.4, -0.2) is 57.9 Å². The van der Waals surface area contributed by atoms with Gasteiger partial charge in [0.1, 0.15) is 5.82 Å². The number of likely N-dealkylation sites (N-methyl/N-ethyl adjacent to an activating group) is 1. The average Bonchev–Trinajstić information content (AvgIpc) is 3.05. The third kappa shape index (κ3) is 4.05. The Morgan fingerprint density at radius 3 is 2.32 bits per heavy atom. The minimum atomic E-state index is -4.61. The van der Waals surface area contributed by atoms with Crippen LogP contribution in [0.2, 0.25) is 0 Å². The van der Waals surface area contributed by atoms with E-state index in [1.807, 2.05) is 42.3 Å². The highest BCUT2D eigenvalue weighted by atomic mass is 35.5. The number of aromatic nitrogens is 4. The SMILES string of the molecule is CN1CCN(c2nc(C(F)(F)F)nc3c2cnn3Cc2ccccc2)CC1.Cl. The summed E-state index contributed by atoms with van der Waals surface area (Å²) in [6.45, 7) is 3.12. The quantitative estimate of drug-likeness (QED) is 0.661. The van der Waals surface area contributed by atoms with Gasteiger partial charge < -0.3 is 9.80 Å². The van der Waals surface area contributed by atoms with Crippen molar-refractivity contribution >= 4 is 29.3 Å². The predicted molar refractivity (Wildman–Crippen MR) is 103 cm³/mol. The molecule has 1 fully saturated rings. The zero-order chi connectivity index (χ0) is 19.0. The Bertz CT molecular complexity index is 936. The van der Waals surface area contributed by atoms with E-state index in [4.69, 9.17) is 0 Å². The van der Waals surface area contributed by atoms with Gasteiger partial charge in [-0.15, -0.1) is 12.4 Å². The van der Waals surface area contributed by atoms with Gasteiger partial charge in [0, 0.05) is 26.2 Å². The summed E-state index contributed by atoms with van der Waals surface area (Å²) >= 11 is 0. The van der Waals surface area contributed by atoms with Crippen molar-refractivity contribution in [2.75, 3.05) is 38.1 Å². The van der Waals surface area contributed by atoms with E-state index in [0.29, 0.717) is 30.8 Å². The Morgan fingerprint density at radius 1 is 1.00 bits per heavy atom. The van der Waals surface area contributed by atoms with Gasteiger partial charge in [-0.3, -0.25) is 0 Å². The van der Waals surface area contributed by atoms with Crippen molar-refractivity contribution in [1.82, 2.24) is 24.6 Å². The number of fused-ring (bicyclic) bond motifs is 1. The van der Waals surface area contributed by atoms with Gasteiger partial charge in [-0.1, -0.05) is 30.3 Å². The molecule has 6 nitrogen and oxygen atoms in total. The smallest absolute Gasteiger partial charge is 0.353 e. The topological polar surface area (TPSA) is 50.1 Å². The molecule has 0 atom stereocenters. The van der Waals surface area contributed by atoms with E-state index < -0.39 is 12.0 Å². The van der Waals surface area contributed by atoms with Crippen LogP contribution in [0.15, 0.2) is 36.5 Å². The van der Waals surface area contributed by atoms with Gasteiger partial charge in [-0.05, 0) is 12.6 Å². The van der Waals surface area contributed by atoms with E-state index in [9.17, 15) is 13.2 Å². The lowest BCUT2D eigenvalue weighted by Gasteiger charge is -2.33. The van der Waals surface area contributed by atoms with Gasteiger partial charge >= 0.3 is 6.18 Å². The van der Waals surface area contributed by atoms with E-state index in [-0.39, 0.29) is 18.1 Å². The zero-order valence-electron chi connectivity index (χ0n) is 15.2. The minimum absolute atomic E-state index is 0. The van der Waals surface area contributed by atoms with E-state index in [0.717, 1.165) is 18.7 Å². The number of hydrogen-bond acceptors (Lipinski definition) is 5. The lowest BCUT2D eigenvalue weighted by molar-refractivity contribution is -0.144. The van der Waals surface area contributed by atoms with Crippen molar-refractivity contribution in [3.63, 3.8) is 0 Å². The molecule has 28 heavy (non-hydrogen) atoms. The Labute approximate surface area is 166 Å². The van der Waals surface area contributed by atoms with Crippen LogP contribution in [0.3, 0.4) is 0 Å². The normalized spacial score (nSPS) is 15.6. The highest BCUT2D eigenvalue weighted by Gasteiger charge is 2.37. The maximum Gasteiger partial charge on any atom is 0.451 e. The van der Waals surface area contributed by atoms with Crippen LogP contribution in [-0.2, 0) is 12.7 Å². The van der Waals surface area contributed by atoms with Crippen LogP contribution in [0, 0.1) is 0 Å². The first-order valence-electron chi connectivity index (χ1n) is 8.70. The molecule has 0 aliphatic carbocycles. The fourth-order valence-corrected chi connectivity index (χ4v) is 3.20. The number of halogens is 4. The molecule has 1 saturated heterocycles. The van der Waals surface area contributed by atoms with Crippen molar-refractivity contribution in [1.29, 1.82) is 0 Å². The summed E-state index contributed by atoms with van der Waals surface area (Å²) in [4.78, 5) is 11.7. The second kappa shape index (κ2) is 7.92. The van der Waals surface area contributed by atoms with E-state index in [1.165, 1.54) is 4.68 Å². The second-order valence-electron chi connectivity index (χ2n) is 6.68. The molecule has 10 heteroatoms. The van der Waals surface area contributed by atoms with Gasteiger partial charge in [0.05, 0.1) is 18.1 Å². The molecule has 0 N–H and O–H groups in total. The third-order valence-corrected chi connectivity index (χ3v) is 4.71. The number of rotatable bonds is 3. The number of anilines is 1. The molecule has 3 aromatic rings. The van der Waals surface area contributed by atoms with Crippen molar-refractivity contribution in [2.24, 2.45) is 0 Å². The maximum atomic E-state index is 13.4. The Kier molecular flexibility index (Phi) is 5.76. The largest absolute Gasteiger partial charge is 0.451 e. The van der Waals surface area contributed by atoms with Gasteiger partial charge in [0.25, 0.3) is 0 Å². The van der Waals surface area contributed by atoms with Crippen LogP contribution in [0.4, 0.5) is 19.0 Å². The first-order chi connectivity index (χ1) is 12.9. The average molecular weight is 413 g/mol. The van der Waals surface area contributed by atoms with E-state index in [2.05, 4.69) is 20.0 Å². The molecule has 4 rings (SSSR count). The van der Waals surface area contributed by atoms with Crippen molar-refractivity contribution < 1.29 is 13.2 Å². The molecule has 150 valence electrons. The molecule has 1 aromatic carbocycles. The van der Waals surface area contributed by atoms with Crippen LogP contribution < -0.4 is 4.90 Å². The summed E-state index contributed by atoms with van der Waals surface area (Å²) in [5, 5.41) is 4.84. The molecule has 0 spiro atoms. The molecule has 0 amide bonds. The number of piperazine rings is 1. The van der Waals surface area contributed by atoms with Crippen LogP contribution in [0.25, 0.3) is 11.0 Å². The molecule has 2 aromatic heterocycles. The summed E-state index contributed by atoms with van der Waals surface area (Å²) in [6.07, 6.45) is -3.05. The first kappa shape index (κ1) is 20.3. The lowest BCUT2D eigenvalue weighted by Crippen LogP contribution is -2.45. The standard InChI is InChI=1S/C18H19F3N6.ClH/c1-25-7-9-26(10-8-25)15-14-11-22-27(12-13-5-3-2-4-6-13)16(14)24-17(23-15)18(19,20)21;/h2-6,11H,7-10,12H2,1H3;1H. The summed E-state index contributed by atoms with van der Waals surface area (Å²) in [6, 6.07) is 9.46. The van der Waals surface area contributed by atoms with Crippen LogP contribution >= 0.6 is 12.4 Å². The third-order valence-electron chi connectivity index (χ3n) is 4.71. The number of hydrogen-bond donors (Lipinski definition) is 0. The maximum absolute atomic E-state index is 13.4. The molecule has 0 unspecified atom stereocenters. The molecular formula is C18H20ClF3N6. The molecule has 0 radical (unpaired) electrons. The van der Waals surface area contributed by atoms with Gasteiger partial charge in [0.2, 0.25) is 5.82 Å². The second-order valence-corrected chi connectivity index (χ2v) is 6.68. The monoisotopic (exact) mass is 412 g/mol. The van der Waals surface area contributed by atoms with Gasteiger partial charge in [-0.2, -0.15) is 18.3 Å². The zero-order valence-corrected chi connectivity index (χ0v) is 16.0. The number of benzene rings is 1. The van der Waals surface area contributed by atoms with Crippen LogP contribution in [0.1, 0.15) is 11.4 Å². The van der Waals surface area contributed by atoms with Crippen LogP contribution in [0.5, 0.6) is 0 Å². The molecule has 1 aliphatic rings. The summed E-state index contributed by atoms with van der Waals surface area (Å²) in [7, 11) is 1.99. The predicted octanol–water partition coefficient (Wildman–Crippen LogP) is 3.07. The summed E-state index contributed by atoms with van der Waals surface area (Å²) < 4.78 is 41.7. The molecule has 0 bridgehead atoms.